The summed E-state index contributed by atoms with van der Waals surface area (Å²) in [6.07, 6.45) is 4.66. The van der Waals surface area contributed by atoms with Crippen molar-refractivity contribution >= 4 is 15.9 Å². The second-order valence-corrected chi connectivity index (χ2v) is 5.59. The Morgan fingerprint density at radius 3 is 2.95 bits per heavy atom. The lowest BCUT2D eigenvalue weighted by molar-refractivity contribution is 0.408. The van der Waals surface area contributed by atoms with Crippen LogP contribution in [0.2, 0.25) is 0 Å². The standard InChI is InChI=1S/C14H18BrN3O/c1-10(16)5-13-8-18(9-17-13)7-11-6-12(15)3-4-14(11)19-2/h3-4,6,8-10H,5,7,16H2,1-2H3. The zero-order chi connectivity index (χ0) is 13.8. The first kappa shape index (κ1) is 14.1. The minimum Gasteiger partial charge on any atom is -0.496 e. The Kier molecular flexibility index (Phi) is 4.61. The third kappa shape index (κ3) is 3.81. The zero-order valence-corrected chi connectivity index (χ0v) is 12.7. The number of rotatable bonds is 5. The Morgan fingerprint density at radius 2 is 2.26 bits per heavy atom. The van der Waals surface area contributed by atoms with Gasteiger partial charge in [-0.3, -0.25) is 0 Å². The molecular weight excluding hydrogens is 306 g/mol. The van der Waals surface area contributed by atoms with Crippen molar-refractivity contribution in [2.24, 2.45) is 5.73 Å². The van der Waals surface area contributed by atoms with Crippen molar-refractivity contribution in [3.8, 4) is 5.75 Å². The van der Waals surface area contributed by atoms with Gasteiger partial charge in [-0.2, -0.15) is 0 Å². The number of methoxy groups -OCH3 is 1. The number of nitrogens with zero attached hydrogens (tertiary/aromatic N) is 2. The van der Waals surface area contributed by atoms with Crippen LogP contribution in [-0.4, -0.2) is 22.7 Å². The second-order valence-electron chi connectivity index (χ2n) is 4.67. The van der Waals surface area contributed by atoms with Gasteiger partial charge in [-0.15, -0.1) is 0 Å². The molecule has 0 aliphatic rings. The van der Waals surface area contributed by atoms with E-state index < -0.39 is 0 Å². The summed E-state index contributed by atoms with van der Waals surface area (Å²) >= 11 is 3.48. The summed E-state index contributed by atoms with van der Waals surface area (Å²) in [6.45, 7) is 2.71. The molecule has 0 spiro atoms. The molecule has 2 rings (SSSR count). The SMILES string of the molecule is COc1ccc(Br)cc1Cn1cnc(CC(C)N)c1. The average Bonchev–Trinajstić information content (AvgIpc) is 2.76. The predicted molar refractivity (Wildman–Crippen MR) is 79.4 cm³/mol. The summed E-state index contributed by atoms with van der Waals surface area (Å²) in [4.78, 5) is 4.36. The Hall–Kier alpha value is -1.33. The van der Waals surface area contributed by atoms with Gasteiger partial charge in [-0.25, -0.2) is 4.98 Å². The van der Waals surface area contributed by atoms with Gasteiger partial charge in [-0.1, -0.05) is 15.9 Å². The Balaban J connectivity index is 2.16. The molecule has 1 aromatic carbocycles. The number of hydrogen-bond donors (Lipinski definition) is 1. The summed E-state index contributed by atoms with van der Waals surface area (Å²) in [5, 5.41) is 0. The molecule has 0 fully saturated rings. The van der Waals surface area contributed by atoms with Crippen LogP contribution in [0.15, 0.2) is 35.2 Å². The molecule has 0 radical (unpaired) electrons. The number of nitrogens with two attached hydrogens (primary N) is 1. The lowest BCUT2D eigenvalue weighted by Gasteiger charge is -2.09. The van der Waals surface area contributed by atoms with Crippen LogP contribution in [-0.2, 0) is 13.0 Å². The number of halogens is 1. The van der Waals surface area contributed by atoms with Crippen LogP contribution >= 0.6 is 15.9 Å². The fourth-order valence-corrected chi connectivity index (χ4v) is 2.40. The third-order valence-electron chi connectivity index (χ3n) is 2.81. The van der Waals surface area contributed by atoms with Crippen LogP contribution < -0.4 is 10.5 Å². The minimum atomic E-state index is 0.128. The maximum absolute atomic E-state index is 5.78. The molecule has 0 bridgehead atoms. The van der Waals surface area contributed by atoms with E-state index in [4.69, 9.17) is 10.5 Å². The van der Waals surface area contributed by atoms with E-state index in [1.54, 1.807) is 7.11 Å². The molecule has 0 saturated carbocycles. The van der Waals surface area contributed by atoms with Crippen molar-refractivity contribution in [1.82, 2.24) is 9.55 Å². The molecule has 4 nitrogen and oxygen atoms in total. The fourth-order valence-electron chi connectivity index (χ4n) is 2.00. The first-order valence-electron chi connectivity index (χ1n) is 6.17. The molecule has 5 heteroatoms. The van der Waals surface area contributed by atoms with Crippen molar-refractivity contribution in [2.45, 2.75) is 25.9 Å². The molecule has 1 atom stereocenters. The van der Waals surface area contributed by atoms with E-state index in [1.165, 1.54) is 0 Å². The smallest absolute Gasteiger partial charge is 0.123 e. The maximum Gasteiger partial charge on any atom is 0.123 e. The summed E-state index contributed by atoms with van der Waals surface area (Å²) < 4.78 is 8.45. The van der Waals surface area contributed by atoms with E-state index >= 15 is 0 Å². The molecule has 0 saturated heterocycles. The third-order valence-corrected chi connectivity index (χ3v) is 3.31. The van der Waals surface area contributed by atoms with Gasteiger partial charge in [0, 0.05) is 28.7 Å². The van der Waals surface area contributed by atoms with Crippen molar-refractivity contribution in [3.63, 3.8) is 0 Å². The van der Waals surface area contributed by atoms with E-state index in [1.807, 2.05) is 36.1 Å². The van der Waals surface area contributed by atoms with Gasteiger partial charge in [0.05, 0.1) is 25.7 Å². The lowest BCUT2D eigenvalue weighted by atomic mass is 10.2. The topological polar surface area (TPSA) is 53.1 Å². The quantitative estimate of drug-likeness (QED) is 0.920. The predicted octanol–water partition coefficient (Wildman–Crippen LogP) is 2.59. The van der Waals surface area contributed by atoms with Gasteiger partial charge in [0.2, 0.25) is 0 Å². The van der Waals surface area contributed by atoms with Gasteiger partial charge in [0.25, 0.3) is 0 Å². The fraction of sp³-hybridized carbons (Fsp3) is 0.357. The molecule has 1 unspecified atom stereocenters. The van der Waals surface area contributed by atoms with Crippen LogP contribution in [0.3, 0.4) is 0 Å². The molecule has 2 aromatic rings. The lowest BCUT2D eigenvalue weighted by Crippen LogP contribution is -2.17. The summed E-state index contributed by atoms with van der Waals surface area (Å²) in [6, 6.07) is 6.12. The zero-order valence-electron chi connectivity index (χ0n) is 11.1. The van der Waals surface area contributed by atoms with E-state index in [0.29, 0.717) is 0 Å². The van der Waals surface area contributed by atoms with Gasteiger partial charge in [0.15, 0.2) is 0 Å². The van der Waals surface area contributed by atoms with Crippen molar-refractivity contribution in [3.05, 3.63) is 46.5 Å². The number of aromatic nitrogens is 2. The van der Waals surface area contributed by atoms with Gasteiger partial charge >= 0.3 is 0 Å². The van der Waals surface area contributed by atoms with Crippen molar-refractivity contribution in [1.29, 1.82) is 0 Å². The second kappa shape index (κ2) is 6.21. The highest BCUT2D eigenvalue weighted by Crippen LogP contribution is 2.23. The molecule has 0 amide bonds. The monoisotopic (exact) mass is 323 g/mol. The first-order valence-corrected chi connectivity index (χ1v) is 6.96. The Labute approximate surface area is 121 Å². The minimum absolute atomic E-state index is 0.128. The van der Waals surface area contributed by atoms with E-state index in [0.717, 1.165) is 34.4 Å². The molecule has 1 heterocycles. The van der Waals surface area contributed by atoms with Crippen LogP contribution in [0, 0.1) is 0 Å². The molecule has 19 heavy (non-hydrogen) atoms. The van der Waals surface area contributed by atoms with E-state index in [2.05, 4.69) is 27.0 Å². The first-order chi connectivity index (χ1) is 9.08. The van der Waals surface area contributed by atoms with Gasteiger partial charge < -0.3 is 15.0 Å². The van der Waals surface area contributed by atoms with Gasteiger partial charge in [0.1, 0.15) is 5.75 Å². The van der Waals surface area contributed by atoms with E-state index in [-0.39, 0.29) is 6.04 Å². The largest absolute Gasteiger partial charge is 0.496 e. The normalized spacial score (nSPS) is 12.4. The number of hydrogen-bond acceptors (Lipinski definition) is 3. The average molecular weight is 324 g/mol. The van der Waals surface area contributed by atoms with Crippen LogP contribution in [0.1, 0.15) is 18.2 Å². The molecular formula is C14H18BrN3O. The Bertz CT molecular complexity index is 551. The van der Waals surface area contributed by atoms with E-state index in [9.17, 15) is 0 Å². The van der Waals surface area contributed by atoms with Crippen molar-refractivity contribution < 1.29 is 4.74 Å². The molecule has 0 aliphatic carbocycles. The summed E-state index contributed by atoms with van der Waals surface area (Å²) in [5.74, 6) is 0.880. The molecule has 1 aromatic heterocycles. The highest BCUT2D eigenvalue weighted by Gasteiger charge is 2.07. The van der Waals surface area contributed by atoms with Crippen LogP contribution in [0.25, 0.3) is 0 Å². The van der Waals surface area contributed by atoms with Gasteiger partial charge in [-0.05, 0) is 25.1 Å². The number of benzene rings is 1. The highest BCUT2D eigenvalue weighted by atomic mass is 79.9. The molecule has 2 N–H and O–H groups in total. The van der Waals surface area contributed by atoms with Crippen LogP contribution in [0.5, 0.6) is 5.75 Å². The summed E-state index contributed by atoms with van der Waals surface area (Å²) in [5.41, 5.74) is 7.91. The van der Waals surface area contributed by atoms with Crippen molar-refractivity contribution in [2.75, 3.05) is 7.11 Å². The number of ether oxygens (including phenoxy) is 1. The Morgan fingerprint density at radius 1 is 1.47 bits per heavy atom. The molecule has 102 valence electrons. The number of imidazole rings is 1. The molecule has 0 aliphatic heterocycles. The highest BCUT2D eigenvalue weighted by molar-refractivity contribution is 9.10. The maximum atomic E-state index is 5.78. The van der Waals surface area contributed by atoms with Crippen LogP contribution in [0.4, 0.5) is 0 Å². The summed E-state index contributed by atoms with van der Waals surface area (Å²) in [7, 11) is 1.68.